The van der Waals surface area contributed by atoms with E-state index < -0.39 is 0 Å². The van der Waals surface area contributed by atoms with Crippen LogP contribution in [0.15, 0.2) is 77.7 Å². The maximum Gasteiger partial charge on any atom is 0.238 e. The molecule has 0 fully saturated rings. The van der Waals surface area contributed by atoms with Gasteiger partial charge in [-0.25, -0.2) is 9.37 Å². The summed E-state index contributed by atoms with van der Waals surface area (Å²) in [5.74, 6) is 0.957. The van der Waals surface area contributed by atoms with Gasteiger partial charge < -0.3 is 13.9 Å². The van der Waals surface area contributed by atoms with Gasteiger partial charge >= 0.3 is 0 Å². The molecule has 0 saturated carbocycles. The van der Waals surface area contributed by atoms with Crippen LogP contribution in [-0.4, -0.2) is 12.1 Å². The van der Waals surface area contributed by atoms with Gasteiger partial charge in [0.2, 0.25) is 5.89 Å². The van der Waals surface area contributed by atoms with Gasteiger partial charge in [0.1, 0.15) is 29.6 Å². The Hall–Kier alpha value is -4.37. The van der Waals surface area contributed by atoms with Crippen LogP contribution >= 0.6 is 0 Å². The molecule has 0 saturated heterocycles. The molecule has 6 heteroatoms. The number of allylic oxidation sites excluding steroid dienone is 2. The van der Waals surface area contributed by atoms with E-state index in [0.29, 0.717) is 34.6 Å². The lowest BCUT2D eigenvalue weighted by molar-refractivity contribution is 0.281. The zero-order valence-corrected chi connectivity index (χ0v) is 18.0. The van der Waals surface area contributed by atoms with Crippen LogP contribution in [0, 0.1) is 17.1 Å². The maximum absolute atomic E-state index is 13.5. The molecular weight excluding hydrogens is 419 g/mol. The normalized spacial score (nSPS) is 11.2. The summed E-state index contributed by atoms with van der Waals surface area (Å²) in [5.41, 5.74) is 3.82. The molecule has 0 unspecified atom stereocenters. The van der Waals surface area contributed by atoms with E-state index in [4.69, 9.17) is 13.9 Å². The molecule has 0 atom stereocenters. The van der Waals surface area contributed by atoms with Crippen LogP contribution < -0.4 is 9.47 Å². The molecule has 1 aromatic heterocycles. The van der Waals surface area contributed by atoms with Crippen molar-refractivity contribution < 1.29 is 18.3 Å². The van der Waals surface area contributed by atoms with Gasteiger partial charge in [-0.05, 0) is 60.0 Å². The fourth-order valence-corrected chi connectivity index (χ4v) is 3.47. The topological polar surface area (TPSA) is 68.3 Å². The third-order valence-electron chi connectivity index (χ3n) is 4.97. The van der Waals surface area contributed by atoms with Gasteiger partial charge in [0.15, 0.2) is 17.1 Å². The standard InChI is InChI=1S/C27H21FN2O3/c1-3-7-20-12-19(13-21(16-29)27-30-23-10-4-5-11-24(23)33-27)15-25(31-2)26(20)32-17-18-8-6-9-22(28)14-18/h3-6,8-15H,1,7,17H2,2H3/b21-13+. The third-order valence-corrected chi connectivity index (χ3v) is 4.97. The number of rotatable bonds is 8. The number of halogens is 1. The van der Waals surface area contributed by atoms with Crippen molar-refractivity contribution in [2.45, 2.75) is 13.0 Å². The Balaban J connectivity index is 1.70. The summed E-state index contributed by atoms with van der Waals surface area (Å²) in [5, 5.41) is 9.73. The number of oxazole rings is 1. The third kappa shape index (κ3) is 4.94. The van der Waals surface area contributed by atoms with Crippen molar-refractivity contribution in [1.82, 2.24) is 4.98 Å². The summed E-state index contributed by atoms with van der Waals surface area (Å²) in [6.45, 7) is 4.00. The Morgan fingerprint density at radius 1 is 1.18 bits per heavy atom. The highest BCUT2D eigenvalue weighted by atomic mass is 19.1. The second-order valence-electron chi connectivity index (χ2n) is 7.28. The quantitative estimate of drug-likeness (QED) is 0.236. The van der Waals surface area contributed by atoms with Crippen molar-refractivity contribution in [3.63, 3.8) is 0 Å². The van der Waals surface area contributed by atoms with Crippen LogP contribution in [0.5, 0.6) is 11.5 Å². The summed E-state index contributed by atoms with van der Waals surface area (Å²) in [4.78, 5) is 4.41. The fourth-order valence-electron chi connectivity index (χ4n) is 3.47. The van der Waals surface area contributed by atoms with Crippen molar-refractivity contribution in [2.24, 2.45) is 0 Å². The van der Waals surface area contributed by atoms with Crippen molar-refractivity contribution in [1.29, 1.82) is 5.26 Å². The summed E-state index contributed by atoms with van der Waals surface area (Å²) >= 11 is 0. The number of fused-ring (bicyclic) bond motifs is 1. The molecular formula is C27H21FN2O3. The average Bonchev–Trinajstić information content (AvgIpc) is 3.26. The molecule has 0 radical (unpaired) electrons. The van der Waals surface area contributed by atoms with Crippen molar-refractivity contribution in [3.05, 3.63) is 102 Å². The predicted molar refractivity (Wildman–Crippen MR) is 125 cm³/mol. The first-order valence-corrected chi connectivity index (χ1v) is 10.3. The lowest BCUT2D eigenvalue weighted by atomic mass is 10.0. The first-order chi connectivity index (χ1) is 16.1. The van der Waals surface area contributed by atoms with E-state index in [9.17, 15) is 9.65 Å². The molecule has 0 aliphatic carbocycles. The van der Waals surface area contributed by atoms with Crippen LogP contribution in [0.2, 0.25) is 0 Å². The minimum absolute atomic E-state index is 0.180. The Morgan fingerprint density at radius 2 is 2.03 bits per heavy atom. The number of methoxy groups -OCH3 is 1. The number of aromatic nitrogens is 1. The molecule has 33 heavy (non-hydrogen) atoms. The van der Waals surface area contributed by atoms with Gasteiger partial charge in [-0.3, -0.25) is 0 Å². The second-order valence-corrected chi connectivity index (χ2v) is 7.28. The predicted octanol–water partition coefficient (Wildman–Crippen LogP) is 6.35. The Labute approximate surface area is 191 Å². The Kier molecular flexibility index (Phi) is 6.51. The first-order valence-electron chi connectivity index (χ1n) is 10.3. The molecule has 4 rings (SSSR count). The van der Waals surface area contributed by atoms with Crippen molar-refractivity contribution in [2.75, 3.05) is 7.11 Å². The number of hydrogen-bond donors (Lipinski definition) is 0. The summed E-state index contributed by atoms with van der Waals surface area (Å²) in [6.07, 6.45) is 3.96. The zero-order valence-electron chi connectivity index (χ0n) is 18.0. The van der Waals surface area contributed by atoms with Gasteiger partial charge in [0.25, 0.3) is 0 Å². The second kappa shape index (κ2) is 9.84. The molecule has 0 bridgehead atoms. The molecule has 1 heterocycles. The van der Waals surface area contributed by atoms with Gasteiger partial charge in [-0.15, -0.1) is 6.58 Å². The minimum atomic E-state index is -0.321. The van der Waals surface area contributed by atoms with Gasteiger partial charge in [0.05, 0.1) is 7.11 Å². The number of ether oxygens (including phenoxy) is 2. The van der Waals surface area contributed by atoms with Gasteiger partial charge in [-0.1, -0.05) is 30.3 Å². The summed E-state index contributed by atoms with van der Waals surface area (Å²) in [7, 11) is 1.54. The van der Waals surface area contributed by atoms with E-state index in [1.807, 2.05) is 24.3 Å². The Bertz CT molecular complexity index is 1350. The zero-order chi connectivity index (χ0) is 23.2. The van der Waals surface area contributed by atoms with Crippen LogP contribution in [0.25, 0.3) is 22.7 Å². The van der Waals surface area contributed by atoms with E-state index in [-0.39, 0.29) is 23.9 Å². The Morgan fingerprint density at radius 3 is 2.76 bits per heavy atom. The number of nitrogens with zero attached hydrogens (tertiary/aromatic N) is 2. The summed E-state index contributed by atoms with van der Waals surface area (Å²) in [6, 6.07) is 19.4. The summed E-state index contributed by atoms with van der Waals surface area (Å²) < 4.78 is 30.8. The smallest absolute Gasteiger partial charge is 0.238 e. The van der Waals surface area contributed by atoms with E-state index in [0.717, 1.165) is 11.1 Å². The molecule has 0 aliphatic heterocycles. The number of hydrogen-bond acceptors (Lipinski definition) is 5. The molecule has 164 valence electrons. The highest BCUT2D eigenvalue weighted by Gasteiger charge is 2.15. The molecule has 5 nitrogen and oxygen atoms in total. The number of nitriles is 1. The van der Waals surface area contributed by atoms with E-state index in [2.05, 4.69) is 17.6 Å². The fraction of sp³-hybridized carbons (Fsp3) is 0.111. The highest BCUT2D eigenvalue weighted by Crippen LogP contribution is 2.35. The largest absolute Gasteiger partial charge is 0.493 e. The molecule has 0 N–H and O–H groups in total. The number of para-hydroxylation sites is 2. The number of benzene rings is 3. The molecule has 0 aliphatic rings. The van der Waals surface area contributed by atoms with Crippen LogP contribution in [-0.2, 0) is 13.0 Å². The minimum Gasteiger partial charge on any atom is -0.493 e. The lowest BCUT2D eigenvalue weighted by Gasteiger charge is -2.16. The van der Waals surface area contributed by atoms with Crippen molar-refractivity contribution in [3.8, 4) is 17.6 Å². The highest BCUT2D eigenvalue weighted by molar-refractivity contribution is 5.89. The molecule has 4 aromatic rings. The van der Waals surface area contributed by atoms with Gasteiger partial charge in [0, 0.05) is 5.56 Å². The van der Waals surface area contributed by atoms with E-state index >= 15 is 0 Å². The molecule has 3 aromatic carbocycles. The van der Waals surface area contributed by atoms with Crippen LogP contribution in [0.3, 0.4) is 0 Å². The maximum atomic E-state index is 13.5. The lowest BCUT2D eigenvalue weighted by Crippen LogP contribution is -2.02. The molecule has 0 amide bonds. The van der Waals surface area contributed by atoms with Crippen LogP contribution in [0.4, 0.5) is 4.39 Å². The van der Waals surface area contributed by atoms with Crippen LogP contribution in [0.1, 0.15) is 22.6 Å². The van der Waals surface area contributed by atoms with E-state index in [1.54, 1.807) is 43.5 Å². The van der Waals surface area contributed by atoms with Crippen molar-refractivity contribution >= 4 is 22.7 Å². The molecule has 0 spiro atoms. The van der Waals surface area contributed by atoms with E-state index in [1.165, 1.54) is 12.1 Å². The first kappa shape index (κ1) is 21.8. The SMILES string of the molecule is C=CCc1cc(/C=C(\C#N)c2nc3ccccc3o2)cc(OC)c1OCc1cccc(F)c1. The average molecular weight is 440 g/mol. The van der Waals surface area contributed by atoms with Gasteiger partial charge in [-0.2, -0.15) is 5.26 Å². The monoisotopic (exact) mass is 440 g/mol.